The number of carbonyl (C=O) groups is 1. The molecular weight excluding hydrogens is 240 g/mol. The molecule has 1 aliphatic carbocycles. The zero-order chi connectivity index (χ0) is 13.7. The number of ether oxygens (including phenoxy) is 1. The predicted octanol–water partition coefficient (Wildman–Crippen LogP) is 1.48. The van der Waals surface area contributed by atoms with Crippen molar-refractivity contribution in [3.8, 4) is 5.75 Å². The molecule has 0 aromatic heterocycles. The molecule has 0 bridgehead atoms. The summed E-state index contributed by atoms with van der Waals surface area (Å²) in [6.45, 7) is 0.657. The summed E-state index contributed by atoms with van der Waals surface area (Å²) in [5, 5.41) is 3.11. The molecule has 104 valence electrons. The average molecular weight is 262 g/mol. The van der Waals surface area contributed by atoms with Gasteiger partial charge in [-0.1, -0.05) is 18.6 Å². The molecule has 1 fully saturated rings. The van der Waals surface area contributed by atoms with Gasteiger partial charge in [0.25, 0.3) is 0 Å². The fourth-order valence-electron chi connectivity index (χ4n) is 2.73. The molecule has 0 aliphatic heterocycles. The standard InChI is InChI=1S/C15H22N2O2/c1-19-13-6-2-4-11(8-13)9-15(18)17-14-7-3-5-12(14)10-16/h2,4,6,8,12,14H,3,5,7,9-10,16H2,1H3,(H,17,18). The van der Waals surface area contributed by atoms with Crippen LogP contribution < -0.4 is 15.8 Å². The molecule has 0 heterocycles. The molecule has 0 saturated heterocycles. The van der Waals surface area contributed by atoms with Crippen LogP contribution in [-0.4, -0.2) is 25.6 Å². The van der Waals surface area contributed by atoms with Crippen LogP contribution in [0.2, 0.25) is 0 Å². The van der Waals surface area contributed by atoms with Crippen LogP contribution in [0.25, 0.3) is 0 Å². The van der Waals surface area contributed by atoms with Crippen molar-refractivity contribution >= 4 is 5.91 Å². The third kappa shape index (κ3) is 3.70. The highest BCUT2D eigenvalue weighted by molar-refractivity contribution is 5.79. The monoisotopic (exact) mass is 262 g/mol. The molecule has 1 aromatic rings. The van der Waals surface area contributed by atoms with Gasteiger partial charge in [0.2, 0.25) is 5.91 Å². The van der Waals surface area contributed by atoms with Crippen molar-refractivity contribution in [3.05, 3.63) is 29.8 Å². The summed E-state index contributed by atoms with van der Waals surface area (Å²) in [5.74, 6) is 1.29. The summed E-state index contributed by atoms with van der Waals surface area (Å²) in [7, 11) is 1.63. The number of hydrogen-bond donors (Lipinski definition) is 2. The fourth-order valence-corrected chi connectivity index (χ4v) is 2.73. The highest BCUT2D eigenvalue weighted by Crippen LogP contribution is 2.24. The van der Waals surface area contributed by atoms with Gasteiger partial charge in [0, 0.05) is 6.04 Å². The zero-order valence-electron chi connectivity index (χ0n) is 11.4. The Hall–Kier alpha value is -1.55. The fraction of sp³-hybridized carbons (Fsp3) is 0.533. The van der Waals surface area contributed by atoms with Crippen molar-refractivity contribution in [2.75, 3.05) is 13.7 Å². The number of nitrogens with two attached hydrogens (primary N) is 1. The Kier molecular flexibility index (Phi) is 4.80. The topological polar surface area (TPSA) is 64.3 Å². The van der Waals surface area contributed by atoms with Crippen LogP contribution in [0, 0.1) is 5.92 Å². The Labute approximate surface area is 114 Å². The number of benzene rings is 1. The SMILES string of the molecule is COc1cccc(CC(=O)NC2CCCC2CN)c1. The average Bonchev–Trinajstić information content (AvgIpc) is 2.86. The largest absolute Gasteiger partial charge is 0.497 e. The second kappa shape index (κ2) is 6.57. The molecule has 2 atom stereocenters. The summed E-state index contributed by atoms with van der Waals surface area (Å²) in [4.78, 5) is 12.0. The van der Waals surface area contributed by atoms with E-state index in [1.807, 2.05) is 24.3 Å². The highest BCUT2D eigenvalue weighted by Gasteiger charge is 2.27. The van der Waals surface area contributed by atoms with Crippen LogP contribution in [0.5, 0.6) is 5.75 Å². The second-order valence-corrected chi connectivity index (χ2v) is 5.13. The van der Waals surface area contributed by atoms with Crippen molar-refractivity contribution < 1.29 is 9.53 Å². The van der Waals surface area contributed by atoms with Crippen LogP contribution in [0.15, 0.2) is 24.3 Å². The lowest BCUT2D eigenvalue weighted by atomic mass is 10.0. The molecule has 19 heavy (non-hydrogen) atoms. The minimum absolute atomic E-state index is 0.0682. The van der Waals surface area contributed by atoms with Gasteiger partial charge < -0.3 is 15.8 Å². The van der Waals surface area contributed by atoms with Crippen LogP contribution >= 0.6 is 0 Å². The highest BCUT2D eigenvalue weighted by atomic mass is 16.5. The molecule has 4 nitrogen and oxygen atoms in total. The van der Waals surface area contributed by atoms with Crippen LogP contribution in [0.3, 0.4) is 0 Å². The molecule has 1 aromatic carbocycles. The molecule has 3 N–H and O–H groups in total. The third-order valence-corrected chi connectivity index (χ3v) is 3.81. The molecule has 4 heteroatoms. The lowest BCUT2D eigenvalue weighted by Crippen LogP contribution is -2.40. The van der Waals surface area contributed by atoms with E-state index >= 15 is 0 Å². The Balaban J connectivity index is 1.90. The van der Waals surface area contributed by atoms with Gasteiger partial charge in [0.15, 0.2) is 0 Å². The molecule has 1 amide bonds. The molecule has 1 saturated carbocycles. The first-order valence-corrected chi connectivity index (χ1v) is 6.85. The van der Waals surface area contributed by atoms with E-state index in [1.54, 1.807) is 7.11 Å². The number of methoxy groups -OCH3 is 1. The minimum Gasteiger partial charge on any atom is -0.497 e. The van der Waals surface area contributed by atoms with Gasteiger partial charge in [-0.25, -0.2) is 0 Å². The maximum absolute atomic E-state index is 12.0. The van der Waals surface area contributed by atoms with E-state index in [9.17, 15) is 4.79 Å². The summed E-state index contributed by atoms with van der Waals surface area (Å²) in [6, 6.07) is 7.87. The van der Waals surface area contributed by atoms with E-state index in [0.29, 0.717) is 18.9 Å². The summed E-state index contributed by atoms with van der Waals surface area (Å²) in [6.07, 6.45) is 3.73. The van der Waals surface area contributed by atoms with Crippen molar-refractivity contribution in [1.29, 1.82) is 0 Å². The Morgan fingerprint density at radius 2 is 2.32 bits per heavy atom. The molecule has 1 aliphatic rings. The van der Waals surface area contributed by atoms with Gasteiger partial charge in [-0.3, -0.25) is 4.79 Å². The van der Waals surface area contributed by atoms with E-state index in [0.717, 1.165) is 30.6 Å². The first-order valence-electron chi connectivity index (χ1n) is 6.85. The van der Waals surface area contributed by atoms with Gasteiger partial charge >= 0.3 is 0 Å². The number of nitrogens with one attached hydrogen (secondary N) is 1. The summed E-state index contributed by atoms with van der Waals surface area (Å²) >= 11 is 0. The van der Waals surface area contributed by atoms with Gasteiger partial charge in [-0.2, -0.15) is 0 Å². The van der Waals surface area contributed by atoms with Crippen molar-refractivity contribution in [2.24, 2.45) is 11.7 Å². The molecular formula is C15H22N2O2. The molecule has 2 rings (SSSR count). The summed E-state index contributed by atoms with van der Waals surface area (Å²) < 4.78 is 5.16. The lowest BCUT2D eigenvalue weighted by Gasteiger charge is -2.19. The molecule has 0 spiro atoms. The Morgan fingerprint density at radius 1 is 1.47 bits per heavy atom. The van der Waals surface area contributed by atoms with Gasteiger partial charge in [0.1, 0.15) is 5.75 Å². The van der Waals surface area contributed by atoms with Crippen LogP contribution in [-0.2, 0) is 11.2 Å². The van der Waals surface area contributed by atoms with E-state index in [2.05, 4.69) is 5.32 Å². The van der Waals surface area contributed by atoms with Crippen LogP contribution in [0.1, 0.15) is 24.8 Å². The van der Waals surface area contributed by atoms with Crippen molar-refractivity contribution in [2.45, 2.75) is 31.7 Å². The number of hydrogen-bond acceptors (Lipinski definition) is 3. The lowest BCUT2D eigenvalue weighted by molar-refractivity contribution is -0.121. The molecule has 0 radical (unpaired) electrons. The van der Waals surface area contributed by atoms with E-state index in [1.165, 1.54) is 0 Å². The second-order valence-electron chi connectivity index (χ2n) is 5.13. The minimum atomic E-state index is 0.0682. The van der Waals surface area contributed by atoms with Gasteiger partial charge in [0.05, 0.1) is 13.5 Å². The first-order chi connectivity index (χ1) is 9.22. The van der Waals surface area contributed by atoms with Crippen molar-refractivity contribution in [3.63, 3.8) is 0 Å². The number of carbonyl (C=O) groups excluding carboxylic acids is 1. The zero-order valence-corrected chi connectivity index (χ0v) is 11.4. The quantitative estimate of drug-likeness (QED) is 0.845. The maximum Gasteiger partial charge on any atom is 0.224 e. The smallest absolute Gasteiger partial charge is 0.224 e. The number of rotatable bonds is 5. The van der Waals surface area contributed by atoms with E-state index in [-0.39, 0.29) is 11.9 Å². The van der Waals surface area contributed by atoms with E-state index < -0.39 is 0 Å². The van der Waals surface area contributed by atoms with Crippen molar-refractivity contribution in [1.82, 2.24) is 5.32 Å². The van der Waals surface area contributed by atoms with Gasteiger partial charge in [-0.15, -0.1) is 0 Å². The van der Waals surface area contributed by atoms with Crippen LogP contribution in [0.4, 0.5) is 0 Å². The summed E-state index contributed by atoms with van der Waals surface area (Å²) in [5.41, 5.74) is 6.69. The Bertz CT molecular complexity index is 434. The maximum atomic E-state index is 12.0. The van der Waals surface area contributed by atoms with E-state index in [4.69, 9.17) is 10.5 Å². The first kappa shape index (κ1) is 13.9. The third-order valence-electron chi connectivity index (χ3n) is 3.81. The van der Waals surface area contributed by atoms with Gasteiger partial charge in [-0.05, 0) is 43.0 Å². The predicted molar refractivity (Wildman–Crippen MR) is 75.0 cm³/mol. The Morgan fingerprint density at radius 3 is 3.05 bits per heavy atom. The molecule has 2 unspecified atom stereocenters. The normalized spacial score (nSPS) is 22.2. The number of amides is 1.